The summed E-state index contributed by atoms with van der Waals surface area (Å²) in [5.41, 5.74) is 5.20. The topological polar surface area (TPSA) is 104 Å². The van der Waals surface area contributed by atoms with Crippen LogP contribution >= 0.6 is 0 Å². The number of benzene rings is 2. The largest absolute Gasteiger partial charge is 0.508 e. The van der Waals surface area contributed by atoms with Gasteiger partial charge in [-0.3, -0.25) is 0 Å². The van der Waals surface area contributed by atoms with Gasteiger partial charge in [-0.1, -0.05) is 18.1 Å². The summed E-state index contributed by atoms with van der Waals surface area (Å²) in [4.78, 5) is 16.6. The van der Waals surface area contributed by atoms with Crippen LogP contribution in [0.1, 0.15) is 24.0 Å². The molecule has 3 aliphatic rings. The fourth-order valence-corrected chi connectivity index (χ4v) is 5.98. The summed E-state index contributed by atoms with van der Waals surface area (Å²) >= 11 is 0. The number of nitrogens with zero attached hydrogens (tertiary/aromatic N) is 6. The van der Waals surface area contributed by atoms with Gasteiger partial charge in [-0.2, -0.15) is 9.97 Å². The second-order valence-corrected chi connectivity index (χ2v) is 10.5. The number of hydrogen-bond donors (Lipinski definition) is 3. The van der Waals surface area contributed by atoms with Gasteiger partial charge in [0.2, 0.25) is 11.8 Å². The summed E-state index contributed by atoms with van der Waals surface area (Å²) in [7, 11) is 0. The highest BCUT2D eigenvalue weighted by molar-refractivity contribution is 5.92. The predicted octanol–water partition coefficient (Wildman–Crippen LogP) is 2.51. The molecule has 3 aliphatic heterocycles. The Bertz CT molecular complexity index is 1670. The van der Waals surface area contributed by atoms with E-state index in [1.54, 1.807) is 24.5 Å². The Morgan fingerprint density at radius 3 is 2.80 bits per heavy atom. The van der Waals surface area contributed by atoms with E-state index in [0.717, 1.165) is 32.5 Å². The minimum atomic E-state index is -0.478. The second kappa shape index (κ2) is 9.97. The molecule has 2 aromatic carbocycles. The number of halogens is 1. The Hall–Kier alpha value is -4.40. The van der Waals surface area contributed by atoms with Crippen molar-refractivity contribution in [2.75, 3.05) is 37.7 Å². The zero-order valence-corrected chi connectivity index (χ0v) is 21.8. The number of imidazole rings is 1. The van der Waals surface area contributed by atoms with Gasteiger partial charge in [0, 0.05) is 43.3 Å². The Morgan fingerprint density at radius 1 is 1.18 bits per heavy atom. The molecule has 2 bridgehead atoms. The van der Waals surface area contributed by atoms with Crippen molar-refractivity contribution in [1.82, 2.24) is 35.3 Å². The number of phenolic OH excluding ortho intramolecular Hbond substituents is 1. The van der Waals surface area contributed by atoms with Crippen molar-refractivity contribution < 1.29 is 14.2 Å². The van der Waals surface area contributed by atoms with E-state index >= 15 is 0 Å². The van der Waals surface area contributed by atoms with Crippen molar-refractivity contribution in [2.45, 2.75) is 31.5 Å². The van der Waals surface area contributed by atoms with E-state index in [1.165, 1.54) is 6.07 Å². The Balaban J connectivity index is 1.28. The summed E-state index contributed by atoms with van der Waals surface area (Å²) < 4.78 is 22.7. The minimum Gasteiger partial charge on any atom is -0.508 e. The summed E-state index contributed by atoms with van der Waals surface area (Å²) in [6.45, 7) is 3.76. The molecule has 4 aromatic rings. The monoisotopic (exact) mass is 540 g/mol. The Morgan fingerprint density at radius 2 is 2.02 bits per heavy atom. The van der Waals surface area contributed by atoms with Crippen molar-refractivity contribution in [3.8, 4) is 24.0 Å². The average molecular weight is 541 g/mol. The van der Waals surface area contributed by atoms with Crippen molar-refractivity contribution in [2.24, 2.45) is 0 Å². The highest BCUT2D eigenvalue weighted by Gasteiger charge is 2.34. The van der Waals surface area contributed by atoms with Gasteiger partial charge in [0.15, 0.2) is 11.2 Å². The number of rotatable bonds is 7. The number of phenols is 1. The van der Waals surface area contributed by atoms with Crippen molar-refractivity contribution in [3.63, 3.8) is 0 Å². The van der Waals surface area contributed by atoms with E-state index in [2.05, 4.69) is 26.5 Å². The van der Waals surface area contributed by atoms with Crippen molar-refractivity contribution in [3.05, 3.63) is 59.8 Å². The van der Waals surface area contributed by atoms with E-state index < -0.39 is 5.82 Å². The van der Waals surface area contributed by atoms with Gasteiger partial charge in [0.1, 0.15) is 18.2 Å². The van der Waals surface area contributed by atoms with Gasteiger partial charge >= 0.3 is 0 Å². The molecule has 2 unspecified atom stereocenters. The van der Waals surface area contributed by atoms with Crippen LogP contribution in [0.25, 0.3) is 21.9 Å². The number of hydrazine groups is 1. The smallest absolute Gasteiger partial charge is 0.247 e. The molecular weight excluding hydrogens is 511 g/mol. The molecule has 2 fully saturated rings. The number of ether oxygens (including phenoxy) is 1. The number of aromatic nitrogens is 4. The molecule has 3 N–H and O–H groups in total. The molecule has 40 heavy (non-hydrogen) atoms. The molecule has 5 heterocycles. The Kier molecular flexibility index (Phi) is 6.14. The number of aromatic hydroxyl groups is 1. The lowest BCUT2D eigenvalue weighted by molar-refractivity contribution is 0.221. The third-order valence-corrected chi connectivity index (χ3v) is 7.81. The number of nitrogens with one attached hydrogen (secondary N) is 2. The number of terminal acetylenes is 1. The van der Waals surface area contributed by atoms with Crippen molar-refractivity contribution >= 4 is 27.9 Å². The van der Waals surface area contributed by atoms with Crippen LogP contribution in [0.2, 0.25) is 0 Å². The SMILES string of the molecule is C#Cc1c(F)ccc2cc(O)cc(Cn3cnc4c(OCCN5C=CCN5)nc(N5CC6CCC(C5)N6)nc43)c12. The molecule has 2 saturated heterocycles. The lowest BCUT2D eigenvalue weighted by atomic mass is 9.98. The lowest BCUT2D eigenvalue weighted by Gasteiger charge is -2.33. The molecule has 2 aromatic heterocycles. The van der Waals surface area contributed by atoms with Gasteiger partial charge in [-0.25, -0.2) is 14.8 Å². The normalized spacial score (nSPS) is 20.1. The predicted molar refractivity (Wildman–Crippen MR) is 149 cm³/mol. The first-order valence-corrected chi connectivity index (χ1v) is 13.5. The van der Waals surface area contributed by atoms with Crippen LogP contribution in [0.5, 0.6) is 11.6 Å². The maximum atomic E-state index is 14.7. The van der Waals surface area contributed by atoms with Gasteiger partial charge in [-0.15, -0.1) is 6.42 Å². The summed E-state index contributed by atoms with van der Waals surface area (Å²) in [6, 6.07) is 6.96. The van der Waals surface area contributed by atoms with E-state index in [9.17, 15) is 9.50 Å². The molecule has 0 aliphatic carbocycles. The lowest BCUT2D eigenvalue weighted by Crippen LogP contribution is -2.51. The van der Waals surface area contributed by atoms with E-state index in [4.69, 9.17) is 21.1 Å². The van der Waals surface area contributed by atoms with Crippen LogP contribution in [0.3, 0.4) is 0 Å². The first kappa shape index (κ1) is 24.6. The molecule has 0 radical (unpaired) electrons. The van der Waals surface area contributed by atoms with E-state index in [1.807, 2.05) is 21.9 Å². The molecular formula is C29H29FN8O2. The van der Waals surface area contributed by atoms with Gasteiger partial charge in [-0.05, 0) is 42.0 Å². The molecule has 11 heteroatoms. The first-order valence-electron chi connectivity index (χ1n) is 13.5. The van der Waals surface area contributed by atoms with Crippen molar-refractivity contribution in [1.29, 1.82) is 0 Å². The van der Waals surface area contributed by atoms with Crippen LogP contribution < -0.4 is 20.4 Å². The number of fused-ring (bicyclic) bond motifs is 4. The van der Waals surface area contributed by atoms with Gasteiger partial charge in [0.05, 0.1) is 25.0 Å². The highest BCUT2D eigenvalue weighted by Crippen LogP contribution is 2.32. The molecule has 0 saturated carbocycles. The molecule has 0 spiro atoms. The van der Waals surface area contributed by atoms with Crippen LogP contribution in [0.4, 0.5) is 10.3 Å². The summed E-state index contributed by atoms with van der Waals surface area (Å²) in [6.07, 6.45) is 13.7. The summed E-state index contributed by atoms with van der Waals surface area (Å²) in [5, 5.41) is 17.3. The number of piperazine rings is 1. The zero-order chi connectivity index (χ0) is 27.2. The van der Waals surface area contributed by atoms with Gasteiger partial charge < -0.3 is 29.6 Å². The van der Waals surface area contributed by atoms with E-state index in [-0.39, 0.29) is 17.9 Å². The fourth-order valence-electron chi connectivity index (χ4n) is 5.98. The standard InChI is InChI=1S/C29H29FN8O2/c1-2-23-24(30)7-4-18-12-22(39)13-19(25(18)23)14-37-17-31-26-27(37)34-29(36-15-20-5-6-21(16-36)33-20)35-28(26)40-11-10-38-9-3-8-32-38/h1,3-4,7,9,12-13,17,20-21,32-33,39H,5-6,8,10-11,14-16H2. The molecule has 2 atom stereocenters. The van der Waals surface area contributed by atoms with Gasteiger partial charge in [0.25, 0.3) is 0 Å². The number of anilines is 1. The Labute approximate surface area is 230 Å². The van der Waals surface area contributed by atoms with Crippen LogP contribution in [0, 0.1) is 18.2 Å². The average Bonchev–Trinajstić information content (AvgIpc) is 3.69. The first-order chi connectivity index (χ1) is 19.6. The molecule has 7 rings (SSSR count). The molecule has 204 valence electrons. The fraction of sp³-hybridized carbons (Fsp3) is 0.345. The third-order valence-electron chi connectivity index (χ3n) is 7.81. The van der Waals surface area contributed by atoms with Crippen LogP contribution in [-0.2, 0) is 6.54 Å². The van der Waals surface area contributed by atoms with Crippen LogP contribution in [-0.4, -0.2) is 74.5 Å². The molecule has 0 amide bonds. The zero-order valence-electron chi connectivity index (χ0n) is 21.8. The minimum absolute atomic E-state index is 0.0710. The number of hydrogen-bond acceptors (Lipinski definition) is 9. The maximum Gasteiger partial charge on any atom is 0.247 e. The van der Waals surface area contributed by atoms with Crippen LogP contribution in [0.15, 0.2) is 42.9 Å². The quantitative estimate of drug-likeness (QED) is 0.305. The summed E-state index contributed by atoms with van der Waals surface area (Å²) in [5.74, 6) is 3.09. The third kappa shape index (κ3) is 4.45. The maximum absolute atomic E-state index is 14.7. The van der Waals surface area contributed by atoms with E-state index in [0.29, 0.717) is 64.6 Å². The highest BCUT2D eigenvalue weighted by atomic mass is 19.1. The molecule has 10 nitrogen and oxygen atoms in total. The second-order valence-electron chi connectivity index (χ2n) is 10.5.